The van der Waals surface area contributed by atoms with Gasteiger partial charge in [0.25, 0.3) is 0 Å². The van der Waals surface area contributed by atoms with Gasteiger partial charge in [-0.1, -0.05) is 53.8 Å². The Kier molecular flexibility index (Phi) is 6.14. The molecule has 6 nitrogen and oxygen atoms in total. The summed E-state index contributed by atoms with van der Waals surface area (Å²) in [5, 5.41) is 19.8. The Morgan fingerprint density at radius 3 is 2.80 bits per heavy atom. The lowest BCUT2D eigenvalue weighted by atomic mass is 9.76. The van der Waals surface area contributed by atoms with Gasteiger partial charge in [0.2, 0.25) is 5.13 Å². The Labute approximate surface area is 188 Å². The summed E-state index contributed by atoms with van der Waals surface area (Å²) in [6, 6.07) is 9.49. The number of Topliss-reactive ketones (excluding diaryl/α,β-unsaturated/α-hetero) is 1. The van der Waals surface area contributed by atoms with Crippen molar-refractivity contribution in [1.29, 1.82) is 5.26 Å². The number of hydrogen-bond acceptors (Lipinski definition) is 8. The first-order chi connectivity index (χ1) is 14.5. The molecule has 1 aromatic carbocycles. The van der Waals surface area contributed by atoms with E-state index in [2.05, 4.69) is 23.2 Å². The van der Waals surface area contributed by atoms with Crippen molar-refractivity contribution >= 4 is 45.6 Å². The predicted octanol–water partition coefficient (Wildman–Crippen LogP) is 5.00. The summed E-state index contributed by atoms with van der Waals surface area (Å²) in [4.78, 5) is 14.8. The summed E-state index contributed by atoms with van der Waals surface area (Å²) in [5.41, 5.74) is 9.17. The van der Waals surface area contributed by atoms with E-state index in [0.29, 0.717) is 40.0 Å². The van der Waals surface area contributed by atoms with E-state index in [1.807, 2.05) is 12.1 Å². The van der Waals surface area contributed by atoms with E-state index < -0.39 is 5.92 Å². The first-order valence-electron chi connectivity index (χ1n) is 9.73. The fraction of sp³-hybridized carbons (Fsp3) is 0.333. The molecule has 0 bridgehead atoms. The molecule has 0 saturated carbocycles. The summed E-state index contributed by atoms with van der Waals surface area (Å²) in [6.45, 7) is 2.11. The van der Waals surface area contributed by atoms with Crippen molar-refractivity contribution in [2.24, 2.45) is 5.73 Å². The zero-order chi connectivity index (χ0) is 21.3. The molecule has 2 aromatic rings. The number of anilines is 1. The van der Waals surface area contributed by atoms with Gasteiger partial charge in [-0.2, -0.15) is 5.26 Å². The summed E-state index contributed by atoms with van der Waals surface area (Å²) in [6.07, 6.45) is 2.94. The maximum Gasteiger partial charge on any atom is 0.219 e. The number of halogens is 1. The van der Waals surface area contributed by atoms with E-state index in [-0.39, 0.29) is 5.78 Å². The highest BCUT2D eigenvalue weighted by Gasteiger charge is 2.41. The molecule has 0 radical (unpaired) electrons. The molecule has 1 atom stereocenters. The molecule has 4 rings (SSSR count). The van der Waals surface area contributed by atoms with Crippen molar-refractivity contribution < 1.29 is 4.79 Å². The van der Waals surface area contributed by atoms with E-state index in [4.69, 9.17) is 17.3 Å². The van der Waals surface area contributed by atoms with Gasteiger partial charge in [0.15, 0.2) is 10.1 Å². The lowest BCUT2D eigenvalue weighted by Gasteiger charge is -2.38. The van der Waals surface area contributed by atoms with Crippen LogP contribution in [0, 0.1) is 11.3 Å². The zero-order valence-corrected chi connectivity index (χ0v) is 18.8. The van der Waals surface area contributed by atoms with Gasteiger partial charge in [0.1, 0.15) is 5.82 Å². The van der Waals surface area contributed by atoms with Gasteiger partial charge in [-0.15, -0.1) is 10.2 Å². The molecule has 1 unspecified atom stereocenters. The third kappa shape index (κ3) is 3.73. The molecule has 0 saturated heterocycles. The number of rotatable bonds is 5. The lowest BCUT2D eigenvalue weighted by Crippen LogP contribution is -2.38. The quantitative estimate of drug-likeness (QED) is 0.631. The van der Waals surface area contributed by atoms with Gasteiger partial charge in [0.05, 0.1) is 17.6 Å². The fourth-order valence-electron chi connectivity index (χ4n) is 3.83. The minimum Gasteiger partial charge on any atom is -0.384 e. The highest BCUT2D eigenvalue weighted by Crippen LogP contribution is 2.47. The van der Waals surface area contributed by atoms with Crippen LogP contribution in [0.15, 0.2) is 51.3 Å². The Balaban J connectivity index is 1.85. The van der Waals surface area contributed by atoms with Gasteiger partial charge >= 0.3 is 0 Å². The number of nitrogens with zero attached hydrogens (tertiary/aromatic N) is 4. The van der Waals surface area contributed by atoms with Crippen molar-refractivity contribution in [3.63, 3.8) is 0 Å². The van der Waals surface area contributed by atoms with Crippen LogP contribution < -0.4 is 10.6 Å². The van der Waals surface area contributed by atoms with Crippen LogP contribution in [0.4, 0.5) is 5.13 Å². The van der Waals surface area contributed by atoms with Crippen LogP contribution in [0.5, 0.6) is 0 Å². The molecule has 2 N–H and O–H groups in total. The number of carbonyl (C=O) groups excluding carboxylic acids is 1. The minimum atomic E-state index is -0.492. The molecule has 30 heavy (non-hydrogen) atoms. The number of ketones is 1. The van der Waals surface area contributed by atoms with Crippen molar-refractivity contribution in [2.45, 2.75) is 42.9 Å². The van der Waals surface area contributed by atoms with Crippen LogP contribution in [-0.4, -0.2) is 21.7 Å². The number of allylic oxidation sites excluding steroid dienone is 3. The highest BCUT2D eigenvalue weighted by molar-refractivity contribution is 8.01. The monoisotopic (exact) mass is 457 g/mol. The predicted molar refractivity (Wildman–Crippen MR) is 120 cm³/mol. The van der Waals surface area contributed by atoms with Gasteiger partial charge in [0, 0.05) is 28.5 Å². The second-order valence-corrected chi connectivity index (χ2v) is 9.80. The molecule has 1 aliphatic carbocycles. The number of benzene rings is 1. The topological polar surface area (TPSA) is 95.9 Å². The van der Waals surface area contributed by atoms with Gasteiger partial charge in [-0.05, 0) is 37.0 Å². The normalized spacial score (nSPS) is 19.2. The molecule has 1 aliphatic heterocycles. The highest BCUT2D eigenvalue weighted by atomic mass is 35.5. The molecule has 0 amide bonds. The SMILES string of the molecule is CCCSc1nnc(N2C(N)=C(C#N)C(c3ccc(Cl)cc3)C3=C2CCCC3=O)s1. The second kappa shape index (κ2) is 8.80. The number of nitrogens with two attached hydrogens (primary N) is 1. The maximum atomic E-state index is 13.1. The lowest BCUT2D eigenvalue weighted by molar-refractivity contribution is -0.116. The zero-order valence-electron chi connectivity index (χ0n) is 16.4. The molecule has 2 heterocycles. The molecule has 154 valence electrons. The number of thioether (sulfide) groups is 1. The first kappa shape index (κ1) is 20.9. The molecule has 1 aromatic heterocycles. The van der Waals surface area contributed by atoms with Crippen LogP contribution in [0.2, 0.25) is 5.02 Å². The fourth-order valence-corrected chi connectivity index (χ4v) is 5.77. The summed E-state index contributed by atoms with van der Waals surface area (Å²) < 4.78 is 0.849. The maximum absolute atomic E-state index is 13.1. The van der Waals surface area contributed by atoms with Crippen molar-refractivity contribution in [3.8, 4) is 6.07 Å². The summed E-state index contributed by atoms with van der Waals surface area (Å²) >= 11 is 9.13. The minimum absolute atomic E-state index is 0.0477. The van der Waals surface area contributed by atoms with Crippen molar-refractivity contribution in [1.82, 2.24) is 10.2 Å². The molecule has 2 aliphatic rings. The first-order valence-corrected chi connectivity index (χ1v) is 11.9. The van der Waals surface area contributed by atoms with Crippen LogP contribution >= 0.6 is 34.7 Å². The number of aromatic nitrogens is 2. The molecular weight excluding hydrogens is 438 g/mol. The number of hydrogen-bond donors (Lipinski definition) is 1. The molecule has 9 heteroatoms. The van der Waals surface area contributed by atoms with Crippen LogP contribution in [-0.2, 0) is 4.79 Å². The number of carbonyl (C=O) groups is 1. The average Bonchev–Trinajstić information content (AvgIpc) is 3.20. The standard InChI is InChI=1S/C21H20ClN5OS2/c1-2-10-29-21-26-25-20(30-21)27-15-4-3-5-16(28)18(15)17(14(11-23)19(27)24)12-6-8-13(22)9-7-12/h6-9,17H,2-5,10,24H2,1H3. The van der Waals surface area contributed by atoms with Crippen LogP contribution in [0.1, 0.15) is 44.1 Å². The Bertz CT molecular complexity index is 1080. The largest absolute Gasteiger partial charge is 0.384 e. The third-order valence-electron chi connectivity index (χ3n) is 5.13. The number of nitriles is 1. The van der Waals surface area contributed by atoms with Gasteiger partial charge < -0.3 is 5.73 Å². The Hall–Kier alpha value is -2.34. The third-order valence-corrected chi connectivity index (χ3v) is 7.63. The van der Waals surface area contributed by atoms with E-state index >= 15 is 0 Å². The van der Waals surface area contributed by atoms with E-state index in [1.54, 1.807) is 28.8 Å². The Morgan fingerprint density at radius 2 is 2.10 bits per heavy atom. The van der Waals surface area contributed by atoms with Gasteiger partial charge in [-0.25, -0.2) is 0 Å². The molecule has 0 spiro atoms. The van der Waals surface area contributed by atoms with Gasteiger partial charge in [-0.3, -0.25) is 9.69 Å². The van der Waals surface area contributed by atoms with E-state index in [0.717, 1.165) is 34.2 Å². The van der Waals surface area contributed by atoms with Crippen LogP contribution in [0.25, 0.3) is 0 Å². The van der Waals surface area contributed by atoms with E-state index in [1.165, 1.54) is 11.3 Å². The summed E-state index contributed by atoms with van der Waals surface area (Å²) in [7, 11) is 0. The van der Waals surface area contributed by atoms with Crippen molar-refractivity contribution in [2.75, 3.05) is 10.7 Å². The molecular formula is C21H20ClN5OS2. The van der Waals surface area contributed by atoms with Crippen molar-refractivity contribution in [3.05, 3.63) is 57.5 Å². The Morgan fingerprint density at radius 1 is 1.33 bits per heavy atom. The van der Waals surface area contributed by atoms with Crippen LogP contribution in [0.3, 0.4) is 0 Å². The molecule has 0 fully saturated rings. The average molecular weight is 458 g/mol. The van der Waals surface area contributed by atoms with E-state index in [9.17, 15) is 10.1 Å². The smallest absolute Gasteiger partial charge is 0.219 e. The summed E-state index contributed by atoms with van der Waals surface area (Å²) in [5.74, 6) is 0.822. The second-order valence-electron chi connectivity index (χ2n) is 7.07.